The van der Waals surface area contributed by atoms with Gasteiger partial charge in [-0.05, 0) is 12.8 Å². The summed E-state index contributed by atoms with van der Waals surface area (Å²) in [5, 5.41) is 32.7. The van der Waals surface area contributed by atoms with Gasteiger partial charge < -0.3 is 10.2 Å². The highest BCUT2D eigenvalue weighted by molar-refractivity contribution is 5.66. The van der Waals surface area contributed by atoms with E-state index >= 15 is 0 Å². The summed E-state index contributed by atoms with van der Waals surface area (Å²) in [5.74, 6) is -1.57. The van der Waals surface area contributed by atoms with Gasteiger partial charge >= 0.3 is 11.9 Å². The first-order valence-corrected chi connectivity index (χ1v) is 5.42. The second kappa shape index (κ2) is 30.3. The lowest BCUT2D eigenvalue weighted by Crippen LogP contribution is -1.95. The Morgan fingerprint density at radius 3 is 1.00 bits per heavy atom. The number of unbranched alkanes of at least 4 members (excludes halogenated alkanes) is 3. The molecular weight excluding hydrogens is 286 g/mol. The number of hydrogen-bond donors (Lipinski definition) is 5. The van der Waals surface area contributed by atoms with Crippen molar-refractivity contribution in [3.8, 4) is 0 Å². The SMILES string of the molecule is N=C=O.N=C=O.N=C=O.O=C(O)CCCCCCC(=O)O. The molecule has 0 rings (SSSR count). The highest BCUT2D eigenvalue weighted by Gasteiger charge is 1.98. The van der Waals surface area contributed by atoms with Gasteiger partial charge in [0.2, 0.25) is 18.2 Å². The van der Waals surface area contributed by atoms with E-state index in [2.05, 4.69) is 0 Å². The van der Waals surface area contributed by atoms with Gasteiger partial charge in [-0.1, -0.05) is 12.8 Å². The Hall–Kier alpha value is -2.92. The summed E-state index contributed by atoms with van der Waals surface area (Å²) in [5.41, 5.74) is 0. The Balaban J connectivity index is -0.000000132. The molecule has 0 aliphatic carbocycles. The molecule has 0 aromatic heterocycles. The topological polar surface area (TPSA) is 197 Å². The van der Waals surface area contributed by atoms with Crippen LogP contribution in [-0.4, -0.2) is 40.4 Å². The van der Waals surface area contributed by atoms with Crippen molar-refractivity contribution >= 4 is 30.2 Å². The third kappa shape index (κ3) is 105. The maximum absolute atomic E-state index is 10.0. The maximum Gasteiger partial charge on any atom is 0.303 e. The molecule has 118 valence electrons. The molecule has 0 aliphatic rings. The minimum atomic E-state index is -0.784. The van der Waals surface area contributed by atoms with E-state index in [9.17, 15) is 9.59 Å². The summed E-state index contributed by atoms with van der Waals surface area (Å²) >= 11 is 0. The Morgan fingerprint density at radius 2 is 0.857 bits per heavy atom. The lowest BCUT2D eigenvalue weighted by Gasteiger charge is -1.96. The largest absolute Gasteiger partial charge is 0.481 e. The molecule has 5 N–H and O–H groups in total. The predicted molar refractivity (Wildman–Crippen MR) is 68.2 cm³/mol. The Bertz CT molecular complexity index is 317. The number of aliphatic carboxylic acids is 2. The van der Waals surface area contributed by atoms with E-state index in [1.165, 1.54) is 0 Å². The summed E-state index contributed by atoms with van der Waals surface area (Å²) in [6, 6.07) is 0. The van der Waals surface area contributed by atoms with Crippen molar-refractivity contribution in [2.45, 2.75) is 38.5 Å². The number of hydrogen-bond acceptors (Lipinski definition) is 8. The summed E-state index contributed by atoms with van der Waals surface area (Å²) in [7, 11) is 0. The summed E-state index contributed by atoms with van der Waals surface area (Å²) in [6.07, 6.45) is 5.53. The predicted octanol–water partition coefficient (Wildman–Crippen LogP) is 1.20. The molecule has 0 amide bonds. The molecule has 0 aliphatic heterocycles. The molecule has 0 aromatic carbocycles. The maximum atomic E-state index is 10.0. The molecular formula is C11H17N3O7. The molecule has 0 bridgehead atoms. The van der Waals surface area contributed by atoms with Crippen LogP contribution in [0, 0.1) is 16.2 Å². The van der Waals surface area contributed by atoms with Gasteiger partial charge in [0.1, 0.15) is 0 Å². The Labute approximate surface area is 120 Å². The van der Waals surface area contributed by atoms with Crippen LogP contribution in [0.4, 0.5) is 0 Å². The zero-order chi connectivity index (χ0) is 17.5. The summed E-state index contributed by atoms with van der Waals surface area (Å²) in [6.45, 7) is 0. The number of carbonyl (C=O) groups is 2. The van der Waals surface area contributed by atoms with E-state index in [0.29, 0.717) is 12.8 Å². The molecule has 0 saturated carbocycles. The van der Waals surface area contributed by atoms with Crippen molar-refractivity contribution in [3.63, 3.8) is 0 Å². The van der Waals surface area contributed by atoms with Crippen LogP contribution in [0.15, 0.2) is 0 Å². The highest BCUT2D eigenvalue weighted by atomic mass is 16.4. The van der Waals surface area contributed by atoms with Crippen LogP contribution in [0.25, 0.3) is 0 Å². The van der Waals surface area contributed by atoms with Crippen molar-refractivity contribution in [3.05, 3.63) is 0 Å². The van der Waals surface area contributed by atoms with Crippen LogP contribution < -0.4 is 0 Å². The lowest BCUT2D eigenvalue weighted by atomic mass is 10.1. The minimum Gasteiger partial charge on any atom is -0.481 e. The molecule has 10 heteroatoms. The fourth-order valence-corrected chi connectivity index (χ4v) is 0.906. The van der Waals surface area contributed by atoms with Crippen LogP contribution in [0.1, 0.15) is 38.5 Å². The number of nitrogens with one attached hydrogen (secondary N) is 3. The fraction of sp³-hybridized carbons (Fsp3) is 0.545. The quantitative estimate of drug-likeness (QED) is 0.264. The molecule has 0 radical (unpaired) electrons. The molecule has 21 heavy (non-hydrogen) atoms. The van der Waals surface area contributed by atoms with E-state index in [-0.39, 0.29) is 12.8 Å². The number of carbonyl (C=O) groups excluding carboxylic acids is 3. The van der Waals surface area contributed by atoms with Crippen LogP contribution in [0.3, 0.4) is 0 Å². The van der Waals surface area contributed by atoms with Crippen LogP contribution >= 0.6 is 0 Å². The highest BCUT2D eigenvalue weighted by Crippen LogP contribution is 2.04. The number of carboxylic acid groups (broad SMARTS) is 2. The second-order valence-electron chi connectivity index (χ2n) is 3.01. The number of rotatable bonds is 7. The molecule has 0 saturated heterocycles. The van der Waals surface area contributed by atoms with Crippen molar-refractivity contribution in [2.24, 2.45) is 0 Å². The van der Waals surface area contributed by atoms with E-state index < -0.39 is 11.9 Å². The van der Waals surface area contributed by atoms with Gasteiger partial charge in [0.15, 0.2) is 0 Å². The minimum absolute atomic E-state index is 0.188. The second-order valence-corrected chi connectivity index (χ2v) is 3.01. The Kier molecular flexibility index (Phi) is 38.3. The van der Waals surface area contributed by atoms with Crippen molar-refractivity contribution in [1.82, 2.24) is 0 Å². The molecule has 0 aromatic rings. The normalized spacial score (nSPS) is 6.67. The zero-order valence-corrected chi connectivity index (χ0v) is 11.2. The van der Waals surface area contributed by atoms with E-state index in [4.69, 9.17) is 40.8 Å². The summed E-state index contributed by atoms with van der Waals surface area (Å²) < 4.78 is 0. The van der Waals surface area contributed by atoms with Gasteiger partial charge in [-0.25, -0.2) is 30.6 Å². The molecule has 0 atom stereocenters. The van der Waals surface area contributed by atoms with Crippen LogP contribution in [0.5, 0.6) is 0 Å². The molecule has 0 spiro atoms. The molecule has 0 fully saturated rings. The number of isocyanates is 3. The first-order valence-electron chi connectivity index (χ1n) is 5.42. The van der Waals surface area contributed by atoms with Gasteiger partial charge in [0.05, 0.1) is 0 Å². The van der Waals surface area contributed by atoms with Gasteiger partial charge in [0.25, 0.3) is 0 Å². The third-order valence-corrected chi connectivity index (χ3v) is 1.53. The van der Waals surface area contributed by atoms with E-state index in [1.54, 1.807) is 0 Å². The van der Waals surface area contributed by atoms with Crippen LogP contribution in [0.2, 0.25) is 0 Å². The van der Waals surface area contributed by atoms with E-state index in [1.807, 2.05) is 0 Å². The zero-order valence-electron chi connectivity index (χ0n) is 11.2. The van der Waals surface area contributed by atoms with Crippen molar-refractivity contribution < 1.29 is 34.2 Å². The monoisotopic (exact) mass is 303 g/mol. The average molecular weight is 303 g/mol. The standard InChI is InChI=1S/C8H14O4.3CHNO/c9-7(10)5-3-1-2-4-6-8(11)12;3*2-1-3/h1-6H2,(H,9,10)(H,11,12);3*2H. The van der Waals surface area contributed by atoms with Gasteiger partial charge in [-0.15, -0.1) is 0 Å². The van der Waals surface area contributed by atoms with Crippen LogP contribution in [-0.2, 0) is 24.0 Å². The van der Waals surface area contributed by atoms with Gasteiger partial charge in [-0.2, -0.15) is 0 Å². The third-order valence-electron chi connectivity index (χ3n) is 1.53. The molecule has 0 heterocycles. The van der Waals surface area contributed by atoms with E-state index in [0.717, 1.165) is 31.1 Å². The molecule has 0 unspecified atom stereocenters. The number of carboxylic acids is 2. The average Bonchev–Trinajstić information content (AvgIpc) is 2.36. The van der Waals surface area contributed by atoms with Crippen molar-refractivity contribution in [2.75, 3.05) is 0 Å². The lowest BCUT2D eigenvalue weighted by molar-refractivity contribution is -0.138. The smallest absolute Gasteiger partial charge is 0.303 e. The van der Waals surface area contributed by atoms with Gasteiger partial charge in [0, 0.05) is 12.8 Å². The first-order chi connectivity index (χ1) is 9.87. The van der Waals surface area contributed by atoms with Crippen molar-refractivity contribution in [1.29, 1.82) is 16.2 Å². The van der Waals surface area contributed by atoms with Gasteiger partial charge in [-0.3, -0.25) is 9.59 Å². The first kappa shape index (κ1) is 26.6. The molecule has 10 nitrogen and oxygen atoms in total. The Morgan fingerprint density at radius 1 is 0.667 bits per heavy atom. The fourth-order valence-electron chi connectivity index (χ4n) is 0.906. The summed E-state index contributed by atoms with van der Waals surface area (Å²) in [4.78, 5) is 45.1.